The SMILES string of the molecule is COCCc1ccc(Cl)c(CN(C(=O)[C@@H]2[C@@H](c3ccc(OCCOc4c(Cl)cc(C)cc4Cl)cc3)C[C@@H]3CC[C@H]2N3)C2CC2)c1. The molecule has 2 aliphatic heterocycles. The Morgan fingerprint density at radius 3 is 2.33 bits per heavy atom. The second-order valence-corrected chi connectivity index (χ2v) is 13.8. The molecular weight excluding hydrogens is 631 g/mol. The fourth-order valence-corrected chi connectivity index (χ4v) is 7.83. The minimum Gasteiger partial charge on any atom is -0.490 e. The average Bonchev–Trinajstić information content (AvgIpc) is 3.80. The summed E-state index contributed by atoms with van der Waals surface area (Å²) in [5, 5.41) is 5.45. The Morgan fingerprint density at radius 1 is 0.889 bits per heavy atom. The van der Waals surface area contributed by atoms with Crippen molar-refractivity contribution in [2.75, 3.05) is 26.9 Å². The van der Waals surface area contributed by atoms with Gasteiger partial charge in [0.05, 0.1) is 22.6 Å². The number of ether oxygens (including phenoxy) is 3. The zero-order valence-electron chi connectivity index (χ0n) is 25.9. The number of fused-ring (bicyclic) bond motifs is 2. The van der Waals surface area contributed by atoms with Crippen LogP contribution in [0.15, 0.2) is 54.6 Å². The number of methoxy groups -OCH3 is 1. The van der Waals surface area contributed by atoms with Gasteiger partial charge in [-0.1, -0.05) is 59.1 Å². The molecule has 9 heteroatoms. The van der Waals surface area contributed by atoms with Crippen LogP contribution in [0.5, 0.6) is 11.5 Å². The Morgan fingerprint density at radius 2 is 1.62 bits per heavy atom. The van der Waals surface area contributed by atoms with E-state index in [9.17, 15) is 4.79 Å². The van der Waals surface area contributed by atoms with Crippen molar-refractivity contribution in [2.24, 2.45) is 5.92 Å². The van der Waals surface area contributed by atoms with Crippen LogP contribution in [0.3, 0.4) is 0 Å². The highest BCUT2D eigenvalue weighted by atomic mass is 35.5. The fourth-order valence-electron chi connectivity index (χ4n) is 6.95. The van der Waals surface area contributed by atoms with E-state index in [1.54, 1.807) is 7.11 Å². The maximum absolute atomic E-state index is 14.5. The minimum atomic E-state index is -0.121. The molecule has 2 heterocycles. The van der Waals surface area contributed by atoms with E-state index in [-0.39, 0.29) is 29.8 Å². The molecule has 2 bridgehead atoms. The summed E-state index contributed by atoms with van der Waals surface area (Å²) in [5.41, 5.74) is 4.34. The van der Waals surface area contributed by atoms with Crippen LogP contribution in [0, 0.1) is 12.8 Å². The number of carbonyl (C=O) groups excluding carboxylic acids is 1. The van der Waals surface area contributed by atoms with E-state index in [2.05, 4.69) is 28.4 Å². The first-order valence-electron chi connectivity index (χ1n) is 15.9. The normalized spacial score (nSPS) is 22.3. The summed E-state index contributed by atoms with van der Waals surface area (Å²) in [4.78, 5) is 16.6. The van der Waals surface area contributed by atoms with Crippen LogP contribution >= 0.6 is 34.8 Å². The lowest BCUT2D eigenvalue weighted by molar-refractivity contribution is -0.139. The van der Waals surface area contributed by atoms with Gasteiger partial charge in [-0.3, -0.25) is 4.79 Å². The van der Waals surface area contributed by atoms with E-state index >= 15 is 0 Å². The van der Waals surface area contributed by atoms with Crippen molar-refractivity contribution in [2.45, 2.75) is 76.0 Å². The lowest BCUT2D eigenvalue weighted by atomic mass is 9.76. The Labute approximate surface area is 281 Å². The van der Waals surface area contributed by atoms with Gasteiger partial charge in [-0.05, 0) is 104 Å². The molecule has 2 saturated heterocycles. The Balaban J connectivity index is 1.13. The molecule has 3 aliphatic rings. The van der Waals surface area contributed by atoms with Gasteiger partial charge in [-0.25, -0.2) is 0 Å². The molecular formula is C36H41Cl3N2O4. The smallest absolute Gasteiger partial charge is 0.228 e. The molecule has 45 heavy (non-hydrogen) atoms. The third-order valence-corrected chi connectivity index (χ3v) is 10.3. The molecule has 4 atom stereocenters. The minimum absolute atomic E-state index is 0.121. The Kier molecular flexibility index (Phi) is 10.5. The van der Waals surface area contributed by atoms with Crippen LogP contribution < -0.4 is 14.8 Å². The molecule has 3 aromatic rings. The van der Waals surface area contributed by atoms with E-state index in [1.807, 2.05) is 43.3 Å². The Bertz CT molecular complexity index is 1470. The summed E-state index contributed by atoms with van der Waals surface area (Å²) in [6, 6.07) is 18.9. The molecule has 1 amide bonds. The molecule has 240 valence electrons. The number of amides is 1. The van der Waals surface area contributed by atoms with Gasteiger partial charge in [0, 0.05) is 36.8 Å². The van der Waals surface area contributed by atoms with Crippen LogP contribution in [0.25, 0.3) is 0 Å². The van der Waals surface area contributed by atoms with Crippen molar-refractivity contribution in [3.8, 4) is 11.5 Å². The van der Waals surface area contributed by atoms with Gasteiger partial charge in [-0.2, -0.15) is 0 Å². The van der Waals surface area contributed by atoms with E-state index in [1.165, 1.54) is 11.1 Å². The first-order valence-corrected chi connectivity index (χ1v) is 17.1. The second kappa shape index (κ2) is 14.5. The third kappa shape index (κ3) is 7.74. The summed E-state index contributed by atoms with van der Waals surface area (Å²) in [5.74, 6) is 1.49. The third-order valence-electron chi connectivity index (χ3n) is 9.33. The van der Waals surface area contributed by atoms with E-state index < -0.39 is 0 Å². The zero-order valence-corrected chi connectivity index (χ0v) is 28.1. The number of nitrogens with one attached hydrogen (secondary N) is 1. The standard InChI is InChI=1S/C36H41Cl3N2O4/c1-22-17-31(38)35(32(39)18-22)45-16-15-44-28-9-4-24(5-10-28)29-20-26-6-12-33(40-26)34(29)36(42)41(27-7-8-27)21-25-19-23(13-14-43-2)3-11-30(25)37/h3-5,9-11,17-19,26-27,29,33-34,40H,6-8,12-16,20-21H2,1-2H3/t26-,29+,33+,34+/m0/s1. The van der Waals surface area contributed by atoms with Crippen molar-refractivity contribution >= 4 is 40.7 Å². The summed E-state index contributed by atoms with van der Waals surface area (Å²) in [7, 11) is 1.71. The van der Waals surface area contributed by atoms with Gasteiger partial charge in [0.15, 0.2) is 5.75 Å². The van der Waals surface area contributed by atoms with Crippen LogP contribution in [0.2, 0.25) is 15.1 Å². The predicted molar refractivity (Wildman–Crippen MR) is 180 cm³/mol. The van der Waals surface area contributed by atoms with Crippen LogP contribution in [-0.2, 0) is 22.5 Å². The van der Waals surface area contributed by atoms with Gasteiger partial charge in [0.2, 0.25) is 5.91 Å². The first kappa shape index (κ1) is 32.5. The van der Waals surface area contributed by atoms with Gasteiger partial charge >= 0.3 is 0 Å². The van der Waals surface area contributed by atoms with Crippen molar-refractivity contribution in [3.05, 3.63) is 91.9 Å². The summed E-state index contributed by atoms with van der Waals surface area (Å²) >= 11 is 19.3. The number of hydrogen-bond acceptors (Lipinski definition) is 5. The molecule has 3 aromatic carbocycles. The van der Waals surface area contributed by atoms with Crippen molar-refractivity contribution in [3.63, 3.8) is 0 Å². The molecule has 0 aromatic heterocycles. The van der Waals surface area contributed by atoms with E-state index in [4.69, 9.17) is 49.0 Å². The highest BCUT2D eigenvalue weighted by molar-refractivity contribution is 6.37. The Hall–Kier alpha value is -2.48. The number of nitrogens with zero attached hydrogens (tertiary/aromatic N) is 1. The highest BCUT2D eigenvalue weighted by Gasteiger charge is 2.48. The molecule has 0 spiro atoms. The zero-order chi connectivity index (χ0) is 31.5. The number of halogens is 3. The monoisotopic (exact) mass is 670 g/mol. The van der Waals surface area contributed by atoms with Gasteiger partial charge in [0.25, 0.3) is 0 Å². The van der Waals surface area contributed by atoms with Crippen LogP contribution in [0.1, 0.15) is 60.3 Å². The molecule has 0 unspecified atom stereocenters. The highest BCUT2D eigenvalue weighted by Crippen LogP contribution is 2.45. The summed E-state index contributed by atoms with van der Waals surface area (Å²) in [6.07, 6.45) is 5.99. The topological polar surface area (TPSA) is 60.0 Å². The average molecular weight is 672 g/mol. The van der Waals surface area contributed by atoms with Crippen molar-refractivity contribution < 1.29 is 19.0 Å². The molecule has 1 aliphatic carbocycles. The molecule has 0 radical (unpaired) electrons. The molecule has 1 N–H and O–H groups in total. The van der Waals surface area contributed by atoms with Crippen molar-refractivity contribution in [1.29, 1.82) is 0 Å². The van der Waals surface area contributed by atoms with Crippen LogP contribution in [-0.4, -0.2) is 55.9 Å². The van der Waals surface area contributed by atoms with Gasteiger partial charge in [0.1, 0.15) is 19.0 Å². The fraction of sp³-hybridized carbons (Fsp3) is 0.472. The lowest BCUT2D eigenvalue weighted by Gasteiger charge is -2.40. The maximum atomic E-state index is 14.5. The van der Waals surface area contributed by atoms with Gasteiger partial charge in [-0.15, -0.1) is 0 Å². The number of piperidine rings is 1. The number of carbonyl (C=O) groups is 1. The molecule has 3 fully saturated rings. The lowest BCUT2D eigenvalue weighted by Crippen LogP contribution is -2.52. The first-order chi connectivity index (χ1) is 21.8. The maximum Gasteiger partial charge on any atom is 0.228 e. The molecule has 1 saturated carbocycles. The quantitative estimate of drug-likeness (QED) is 0.187. The molecule has 6 nitrogen and oxygen atoms in total. The number of rotatable bonds is 13. The second-order valence-electron chi connectivity index (χ2n) is 12.6. The number of aryl methyl sites for hydroxylation is 1. The molecule has 6 rings (SSSR count). The largest absolute Gasteiger partial charge is 0.490 e. The van der Waals surface area contributed by atoms with E-state index in [0.29, 0.717) is 53.2 Å². The predicted octanol–water partition coefficient (Wildman–Crippen LogP) is 8.02. The number of hydrogen-bond donors (Lipinski definition) is 1. The summed E-state index contributed by atoms with van der Waals surface area (Å²) < 4.78 is 17.1. The van der Waals surface area contributed by atoms with Crippen LogP contribution in [0.4, 0.5) is 0 Å². The van der Waals surface area contributed by atoms with E-state index in [0.717, 1.165) is 55.4 Å². The number of benzene rings is 3. The van der Waals surface area contributed by atoms with Gasteiger partial charge < -0.3 is 24.4 Å². The summed E-state index contributed by atoms with van der Waals surface area (Å²) in [6.45, 7) is 3.79. The van der Waals surface area contributed by atoms with Crippen molar-refractivity contribution in [1.82, 2.24) is 10.2 Å².